The number of carbonyl (C=O) groups is 2. The van der Waals surface area contributed by atoms with Crippen molar-refractivity contribution in [2.24, 2.45) is 0 Å². The SMILES string of the molecule is CCOC(=O)c1nnn(Nc2ccc([N+](=O)[O-])cc2)c1C.CCOC(=O)c1nnn(Nc2ccc([N+](=O)[O-])cc2)c1C. The van der Waals surface area contributed by atoms with Gasteiger partial charge >= 0.3 is 11.9 Å². The average molecular weight is 583 g/mol. The zero-order chi connectivity index (χ0) is 30.8. The molecule has 2 aromatic carbocycles. The molecule has 4 rings (SSSR count). The van der Waals surface area contributed by atoms with Crippen LogP contribution in [0.2, 0.25) is 0 Å². The largest absolute Gasteiger partial charge is 0.461 e. The zero-order valence-corrected chi connectivity index (χ0v) is 22.9. The van der Waals surface area contributed by atoms with Crippen LogP contribution < -0.4 is 10.9 Å². The molecule has 2 heterocycles. The Bertz CT molecular complexity index is 1450. The van der Waals surface area contributed by atoms with Crippen LogP contribution in [0.1, 0.15) is 46.2 Å². The predicted octanol–water partition coefficient (Wildman–Crippen LogP) is 3.09. The van der Waals surface area contributed by atoms with E-state index >= 15 is 0 Å². The number of hydrogen-bond acceptors (Lipinski definition) is 14. The van der Waals surface area contributed by atoms with Gasteiger partial charge in [0.2, 0.25) is 0 Å². The van der Waals surface area contributed by atoms with E-state index in [-0.39, 0.29) is 36.0 Å². The van der Waals surface area contributed by atoms with E-state index in [9.17, 15) is 29.8 Å². The Labute approximate surface area is 237 Å². The number of nitrogens with one attached hydrogen (secondary N) is 2. The molecule has 0 unspecified atom stereocenters. The highest BCUT2D eigenvalue weighted by molar-refractivity contribution is 5.88. The summed E-state index contributed by atoms with van der Waals surface area (Å²) >= 11 is 0. The second-order valence-corrected chi connectivity index (χ2v) is 8.14. The minimum absolute atomic E-state index is 0.0110. The van der Waals surface area contributed by atoms with Crippen molar-refractivity contribution in [3.63, 3.8) is 0 Å². The maximum absolute atomic E-state index is 11.6. The summed E-state index contributed by atoms with van der Waals surface area (Å²) in [4.78, 5) is 46.0. The van der Waals surface area contributed by atoms with E-state index in [2.05, 4.69) is 31.5 Å². The lowest BCUT2D eigenvalue weighted by Gasteiger charge is -2.07. The van der Waals surface area contributed by atoms with E-state index in [1.165, 1.54) is 58.1 Å². The third-order valence-electron chi connectivity index (χ3n) is 5.35. The Hall–Kier alpha value is -5.94. The Morgan fingerprint density at radius 3 is 1.33 bits per heavy atom. The van der Waals surface area contributed by atoms with Crippen molar-refractivity contribution in [1.82, 2.24) is 30.2 Å². The molecule has 18 heteroatoms. The molecule has 42 heavy (non-hydrogen) atoms. The van der Waals surface area contributed by atoms with E-state index in [0.29, 0.717) is 22.8 Å². The molecule has 0 amide bonds. The van der Waals surface area contributed by atoms with Gasteiger partial charge in [-0.2, -0.15) is 9.58 Å². The smallest absolute Gasteiger partial charge is 0.360 e. The van der Waals surface area contributed by atoms with Gasteiger partial charge in [0.1, 0.15) is 0 Å². The van der Waals surface area contributed by atoms with Gasteiger partial charge in [0, 0.05) is 24.3 Å². The quantitative estimate of drug-likeness (QED) is 0.156. The first-order valence-corrected chi connectivity index (χ1v) is 12.3. The van der Waals surface area contributed by atoms with Crippen molar-refractivity contribution in [2.45, 2.75) is 27.7 Å². The standard InChI is InChI=1S/2C12H13N5O4/c2*1-3-21-12(18)11-8(2)16(15-13-11)14-9-4-6-10(7-5-9)17(19)20/h2*4-7,14H,3H2,1-2H3. The van der Waals surface area contributed by atoms with E-state index in [4.69, 9.17) is 9.47 Å². The lowest BCUT2D eigenvalue weighted by Crippen LogP contribution is -2.14. The maximum Gasteiger partial charge on any atom is 0.360 e. The van der Waals surface area contributed by atoms with Gasteiger partial charge in [-0.3, -0.25) is 31.1 Å². The van der Waals surface area contributed by atoms with Gasteiger partial charge < -0.3 is 9.47 Å². The summed E-state index contributed by atoms with van der Waals surface area (Å²) in [6.07, 6.45) is 0. The Balaban J connectivity index is 0.000000230. The van der Waals surface area contributed by atoms with Crippen LogP contribution in [-0.2, 0) is 9.47 Å². The molecule has 18 nitrogen and oxygen atoms in total. The molecule has 4 aromatic rings. The van der Waals surface area contributed by atoms with Crippen LogP contribution in [0.25, 0.3) is 0 Å². The summed E-state index contributed by atoms with van der Waals surface area (Å²) in [6.45, 7) is 7.22. The molecule has 0 saturated carbocycles. The van der Waals surface area contributed by atoms with Gasteiger partial charge in [-0.05, 0) is 62.4 Å². The van der Waals surface area contributed by atoms with Gasteiger partial charge in [-0.25, -0.2) is 9.59 Å². The summed E-state index contributed by atoms with van der Waals surface area (Å²) in [5, 5.41) is 36.2. The minimum Gasteiger partial charge on any atom is -0.461 e. The molecule has 0 radical (unpaired) electrons. The fraction of sp³-hybridized carbons (Fsp3) is 0.250. The number of benzene rings is 2. The molecule has 0 bridgehead atoms. The molecule has 0 atom stereocenters. The van der Waals surface area contributed by atoms with Crippen LogP contribution in [-0.4, -0.2) is 65.2 Å². The molecular formula is C24H26N10O8. The van der Waals surface area contributed by atoms with Gasteiger partial charge in [0.25, 0.3) is 11.4 Å². The lowest BCUT2D eigenvalue weighted by molar-refractivity contribution is -0.385. The van der Waals surface area contributed by atoms with Crippen LogP contribution in [0.15, 0.2) is 48.5 Å². The van der Waals surface area contributed by atoms with Crippen molar-refractivity contribution in [3.8, 4) is 0 Å². The number of nitrogens with zero attached hydrogens (tertiary/aromatic N) is 8. The second-order valence-electron chi connectivity index (χ2n) is 8.14. The first-order valence-electron chi connectivity index (χ1n) is 12.3. The summed E-state index contributed by atoms with van der Waals surface area (Å²) in [7, 11) is 0. The van der Waals surface area contributed by atoms with E-state index in [1.807, 2.05) is 0 Å². The number of nitro benzene ring substituents is 2. The average Bonchev–Trinajstić information content (AvgIpc) is 3.51. The van der Waals surface area contributed by atoms with Crippen molar-refractivity contribution in [2.75, 3.05) is 24.1 Å². The van der Waals surface area contributed by atoms with Gasteiger partial charge in [-0.1, -0.05) is 0 Å². The predicted molar refractivity (Wildman–Crippen MR) is 146 cm³/mol. The van der Waals surface area contributed by atoms with Crippen LogP contribution in [0.4, 0.5) is 22.7 Å². The second kappa shape index (κ2) is 13.9. The summed E-state index contributed by atoms with van der Waals surface area (Å²) in [6, 6.07) is 11.6. The Morgan fingerprint density at radius 1 is 0.714 bits per heavy atom. The summed E-state index contributed by atoms with van der Waals surface area (Å²) < 4.78 is 9.71. The Morgan fingerprint density at radius 2 is 1.05 bits per heavy atom. The minimum atomic E-state index is -0.549. The number of esters is 2. The summed E-state index contributed by atoms with van der Waals surface area (Å²) in [5.41, 5.74) is 8.05. The molecule has 0 saturated heterocycles. The number of rotatable bonds is 10. The lowest BCUT2D eigenvalue weighted by atomic mass is 10.3. The van der Waals surface area contributed by atoms with Crippen LogP contribution in [0, 0.1) is 34.1 Å². The van der Waals surface area contributed by atoms with E-state index < -0.39 is 21.8 Å². The zero-order valence-electron chi connectivity index (χ0n) is 22.9. The number of non-ortho nitro benzene ring substituents is 2. The molecule has 2 N–H and O–H groups in total. The number of hydrogen-bond donors (Lipinski definition) is 2. The van der Waals surface area contributed by atoms with Gasteiger partial charge in [0.15, 0.2) is 11.4 Å². The van der Waals surface area contributed by atoms with E-state index in [1.54, 1.807) is 27.7 Å². The molecular weight excluding hydrogens is 556 g/mol. The number of nitro groups is 2. The third kappa shape index (κ3) is 7.58. The monoisotopic (exact) mass is 582 g/mol. The van der Waals surface area contributed by atoms with E-state index in [0.717, 1.165) is 0 Å². The number of aromatic nitrogens is 6. The number of anilines is 2. The Kier molecular flexibility index (Phi) is 10.1. The molecule has 0 fully saturated rings. The highest BCUT2D eigenvalue weighted by Gasteiger charge is 2.19. The molecule has 0 aliphatic rings. The first kappa shape index (κ1) is 30.6. The summed E-state index contributed by atoms with van der Waals surface area (Å²) in [5.74, 6) is -1.10. The van der Waals surface area contributed by atoms with Gasteiger partial charge in [-0.15, -0.1) is 10.2 Å². The fourth-order valence-corrected chi connectivity index (χ4v) is 3.21. The first-order chi connectivity index (χ1) is 20.0. The third-order valence-corrected chi connectivity index (χ3v) is 5.35. The molecule has 0 aliphatic carbocycles. The van der Waals surface area contributed by atoms with Crippen LogP contribution >= 0.6 is 0 Å². The topological polar surface area (TPSA) is 224 Å². The number of carbonyl (C=O) groups excluding carboxylic acids is 2. The van der Waals surface area contributed by atoms with Crippen molar-refractivity contribution < 1.29 is 28.9 Å². The van der Waals surface area contributed by atoms with Crippen molar-refractivity contribution in [3.05, 3.63) is 91.5 Å². The van der Waals surface area contributed by atoms with Crippen molar-refractivity contribution in [1.29, 1.82) is 0 Å². The maximum atomic E-state index is 11.6. The molecule has 2 aromatic heterocycles. The molecule has 0 spiro atoms. The van der Waals surface area contributed by atoms with Crippen LogP contribution in [0.5, 0.6) is 0 Å². The molecule has 0 aliphatic heterocycles. The normalized spacial score (nSPS) is 10.2. The highest BCUT2D eigenvalue weighted by Crippen LogP contribution is 2.17. The van der Waals surface area contributed by atoms with Crippen molar-refractivity contribution >= 4 is 34.7 Å². The fourth-order valence-electron chi connectivity index (χ4n) is 3.21. The number of ether oxygens (including phenoxy) is 2. The van der Waals surface area contributed by atoms with Crippen LogP contribution in [0.3, 0.4) is 0 Å². The molecule has 220 valence electrons. The van der Waals surface area contributed by atoms with Gasteiger partial charge in [0.05, 0.1) is 45.8 Å². The highest BCUT2D eigenvalue weighted by atomic mass is 16.6.